The number of carbonyl (C=O) groups excluding carboxylic acids is 1. The molecule has 0 amide bonds. The van der Waals surface area contributed by atoms with Gasteiger partial charge in [-0.15, -0.1) is 0 Å². The molecule has 0 saturated carbocycles. The predicted molar refractivity (Wildman–Crippen MR) is 73.0 cm³/mol. The van der Waals surface area contributed by atoms with Crippen LogP contribution in [-0.4, -0.2) is 39.7 Å². The molecule has 5 nitrogen and oxygen atoms in total. The van der Waals surface area contributed by atoms with E-state index in [1.807, 2.05) is 6.07 Å². The number of methoxy groups -OCH3 is 2. The first kappa shape index (κ1) is 14.8. The zero-order chi connectivity index (χ0) is 14.4. The van der Waals surface area contributed by atoms with Crippen LogP contribution in [0.3, 0.4) is 0 Å². The Labute approximate surface area is 118 Å². The van der Waals surface area contributed by atoms with E-state index in [1.54, 1.807) is 19.2 Å². The van der Waals surface area contributed by atoms with Gasteiger partial charge < -0.3 is 18.9 Å². The first-order valence-corrected chi connectivity index (χ1v) is 6.73. The number of aryl methyl sites for hydroxylation is 1. The van der Waals surface area contributed by atoms with Crippen molar-refractivity contribution in [1.82, 2.24) is 0 Å². The van der Waals surface area contributed by atoms with Gasteiger partial charge in [0.1, 0.15) is 5.75 Å². The fourth-order valence-corrected chi connectivity index (χ4v) is 2.23. The van der Waals surface area contributed by atoms with Crippen molar-refractivity contribution in [3.8, 4) is 5.75 Å². The maximum Gasteiger partial charge on any atom is 0.337 e. The van der Waals surface area contributed by atoms with Crippen LogP contribution in [0.5, 0.6) is 5.75 Å². The van der Waals surface area contributed by atoms with Crippen LogP contribution in [0, 0.1) is 0 Å². The van der Waals surface area contributed by atoms with Gasteiger partial charge >= 0.3 is 5.97 Å². The van der Waals surface area contributed by atoms with E-state index in [9.17, 15) is 4.79 Å². The maximum atomic E-state index is 11.5. The number of benzene rings is 1. The van der Waals surface area contributed by atoms with E-state index in [4.69, 9.17) is 18.9 Å². The largest absolute Gasteiger partial charge is 0.496 e. The van der Waals surface area contributed by atoms with Gasteiger partial charge in [-0.05, 0) is 37.0 Å². The minimum atomic E-state index is -0.359. The minimum Gasteiger partial charge on any atom is -0.496 e. The zero-order valence-electron chi connectivity index (χ0n) is 11.9. The SMILES string of the molecule is COC(=O)c1ccc(CCCC2OCCO2)c(OC)c1. The van der Waals surface area contributed by atoms with Gasteiger partial charge in [0.2, 0.25) is 0 Å². The molecule has 1 saturated heterocycles. The van der Waals surface area contributed by atoms with E-state index in [-0.39, 0.29) is 12.3 Å². The first-order valence-electron chi connectivity index (χ1n) is 6.73. The number of ether oxygens (including phenoxy) is 4. The topological polar surface area (TPSA) is 54.0 Å². The molecule has 1 fully saturated rings. The molecule has 5 heteroatoms. The molecule has 0 atom stereocenters. The van der Waals surface area contributed by atoms with Crippen LogP contribution in [0.1, 0.15) is 28.8 Å². The second-order valence-electron chi connectivity index (χ2n) is 4.58. The third-order valence-electron chi connectivity index (χ3n) is 3.28. The van der Waals surface area contributed by atoms with Gasteiger partial charge in [0.25, 0.3) is 0 Å². The minimum absolute atomic E-state index is 0.0738. The smallest absolute Gasteiger partial charge is 0.337 e. The molecule has 1 aromatic carbocycles. The number of rotatable bonds is 6. The zero-order valence-corrected chi connectivity index (χ0v) is 11.9. The summed E-state index contributed by atoms with van der Waals surface area (Å²) in [7, 11) is 2.97. The Bertz CT molecular complexity index is 452. The number of esters is 1. The Hall–Kier alpha value is -1.59. The van der Waals surface area contributed by atoms with E-state index < -0.39 is 0 Å². The molecule has 0 N–H and O–H groups in total. The molecule has 1 heterocycles. The van der Waals surface area contributed by atoms with E-state index in [0.29, 0.717) is 24.5 Å². The molecule has 0 aromatic heterocycles. The van der Waals surface area contributed by atoms with E-state index in [2.05, 4.69) is 0 Å². The molecule has 1 aliphatic rings. The fourth-order valence-electron chi connectivity index (χ4n) is 2.23. The lowest BCUT2D eigenvalue weighted by Crippen LogP contribution is -2.08. The van der Waals surface area contributed by atoms with Crippen molar-refractivity contribution in [2.45, 2.75) is 25.6 Å². The molecule has 110 valence electrons. The highest BCUT2D eigenvalue weighted by Crippen LogP contribution is 2.23. The summed E-state index contributed by atoms with van der Waals surface area (Å²) in [6, 6.07) is 5.37. The van der Waals surface area contributed by atoms with Crippen LogP contribution in [-0.2, 0) is 20.6 Å². The Morgan fingerprint density at radius 1 is 1.30 bits per heavy atom. The van der Waals surface area contributed by atoms with Crippen molar-refractivity contribution in [3.63, 3.8) is 0 Å². The molecule has 0 bridgehead atoms. The molecule has 20 heavy (non-hydrogen) atoms. The first-order chi connectivity index (χ1) is 9.74. The average molecular weight is 280 g/mol. The van der Waals surface area contributed by atoms with Crippen LogP contribution in [0.2, 0.25) is 0 Å². The third-order valence-corrected chi connectivity index (χ3v) is 3.28. The molecular formula is C15H20O5. The molecule has 0 unspecified atom stereocenters. The summed E-state index contributed by atoms with van der Waals surface area (Å²) >= 11 is 0. The Morgan fingerprint density at radius 3 is 2.70 bits per heavy atom. The van der Waals surface area contributed by atoms with Crippen molar-refractivity contribution in [3.05, 3.63) is 29.3 Å². The van der Waals surface area contributed by atoms with Crippen molar-refractivity contribution in [2.75, 3.05) is 27.4 Å². The van der Waals surface area contributed by atoms with Crippen LogP contribution in [0.15, 0.2) is 18.2 Å². The van der Waals surface area contributed by atoms with E-state index in [0.717, 1.165) is 24.8 Å². The van der Waals surface area contributed by atoms with Gasteiger partial charge in [-0.25, -0.2) is 4.79 Å². The quantitative estimate of drug-likeness (QED) is 0.748. The normalized spacial score (nSPS) is 15.3. The standard InChI is InChI=1S/C15H20O5/c1-17-13-10-12(15(16)18-2)7-6-11(13)4-3-5-14-19-8-9-20-14/h6-7,10,14H,3-5,8-9H2,1-2H3. The van der Waals surface area contributed by atoms with Crippen molar-refractivity contribution in [1.29, 1.82) is 0 Å². The highest BCUT2D eigenvalue weighted by Gasteiger charge is 2.16. The molecular weight excluding hydrogens is 260 g/mol. The molecule has 0 radical (unpaired) electrons. The maximum absolute atomic E-state index is 11.5. The summed E-state index contributed by atoms with van der Waals surface area (Å²) in [5.41, 5.74) is 1.56. The van der Waals surface area contributed by atoms with Gasteiger partial charge in [0.15, 0.2) is 6.29 Å². The highest BCUT2D eigenvalue weighted by atomic mass is 16.7. The summed E-state index contributed by atoms with van der Waals surface area (Å²) in [5.74, 6) is 0.351. The Morgan fingerprint density at radius 2 is 2.05 bits per heavy atom. The van der Waals surface area contributed by atoms with Gasteiger partial charge in [-0.1, -0.05) is 6.07 Å². The molecule has 0 aliphatic carbocycles. The molecule has 1 aromatic rings. The number of hydrogen-bond donors (Lipinski definition) is 0. The molecule has 1 aliphatic heterocycles. The van der Waals surface area contributed by atoms with Crippen molar-refractivity contribution < 1.29 is 23.7 Å². The predicted octanol–water partition coefficient (Wildman–Crippen LogP) is 2.18. The van der Waals surface area contributed by atoms with Gasteiger partial charge in [-0.2, -0.15) is 0 Å². The lowest BCUT2D eigenvalue weighted by molar-refractivity contribution is -0.0476. The van der Waals surface area contributed by atoms with Gasteiger partial charge in [0, 0.05) is 0 Å². The summed E-state index contributed by atoms with van der Waals surface area (Å²) < 4.78 is 20.8. The van der Waals surface area contributed by atoms with Crippen molar-refractivity contribution in [2.24, 2.45) is 0 Å². The van der Waals surface area contributed by atoms with Crippen LogP contribution in [0.4, 0.5) is 0 Å². The summed E-state index contributed by atoms with van der Waals surface area (Å²) in [4.78, 5) is 11.5. The number of carbonyl (C=O) groups is 1. The Kier molecular flexibility index (Phi) is 5.38. The lowest BCUT2D eigenvalue weighted by Gasteiger charge is -2.12. The van der Waals surface area contributed by atoms with Crippen molar-refractivity contribution >= 4 is 5.97 Å². The van der Waals surface area contributed by atoms with E-state index in [1.165, 1.54) is 7.11 Å². The lowest BCUT2D eigenvalue weighted by atomic mass is 10.0. The fraction of sp³-hybridized carbons (Fsp3) is 0.533. The van der Waals surface area contributed by atoms with Crippen LogP contribution in [0.25, 0.3) is 0 Å². The van der Waals surface area contributed by atoms with Crippen LogP contribution >= 0.6 is 0 Å². The summed E-state index contributed by atoms with van der Waals surface area (Å²) in [6.45, 7) is 1.36. The van der Waals surface area contributed by atoms with Gasteiger partial charge in [-0.3, -0.25) is 0 Å². The average Bonchev–Trinajstić information content (AvgIpc) is 3.00. The molecule has 0 spiro atoms. The monoisotopic (exact) mass is 280 g/mol. The third kappa shape index (κ3) is 3.71. The summed E-state index contributed by atoms with van der Waals surface area (Å²) in [5, 5.41) is 0. The molecule has 2 rings (SSSR count). The second-order valence-corrected chi connectivity index (χ2v) is 4.58. The van der Waals surface area contributed by atoms with E-state index >= 15 is 0 Å². The number of hydrogen-bond acceptors (Lipinski definition) is 5. The van der Waals surface area contributed by atoms with Crippen LogP contribution < -0.4 is 4.74 Å². The van der Waals surface area contributed by atoms with Gasteiger partial charge in [0.05, 0.1) is 33.0 Å². The summed E-state index contributed by atoms with van der Waals surface area (Å²) in [6.07, 6.45) is 2.59. The highest BCUT2D eigenvalue weighted by molar-refractivity contribution is 5.89. The second kappa shape index (κ2) is 7.26. The Balaban J connectivity index is 1.94.